The van der Waals surface area contributed by atoms with Crippen LogP contribution < -0.4 is 10.6 Å². The molecule has 0 unspecified atom stereocenters. The summed E-state index contributed by atoms with van der Waals surface area (Å²) in [5.41, 5.74) is 2.51. The van der Waals surface area contributed by atoms with E-state index in [9.17, 15) is 9.59 Å². The van der Waals surface area contributed by atoms with E-state index in [1.54, 1.807) is 33.0 Å². The van der Waals surface area contributed by atoms with Gasteiger partial charge in [-0.15, -0.1) is 0 Å². The molecule has 122 valence electrons. The van der Waals surface area contributed by atoms with Crippen LogP contribution in [0.2, 0.25) is 0 Å². The summed E-state index contributed by atoms with van der Waals surface area (Å²) in [7, 11) is 1.65. The second kappa shape index (κ2) is 6.95. The first kappa shape index (κ1) is 16.5. The van der Waals surface area contributed by atoms with E-state index >= 15 is 0 Å². The van der Waals surface area contributed by atoms with Crippen LogP contribution in [0.25, 0.3) is 0 Å². The van der Waals surface area contributed by atoms with Crippen LogP contribution in [-0.2, 0) is 11.8 Å². The van der Waals surface area contributed by atoms with Crippen LogP contribution in [0.1, 0.15) is 28.5 Å². The third-order valence-electron chi connectivity index (χ3n) is 3.24. The minimum atomic E-state index is -0.510. The Balaban J connectivity index is 2.17. The Morgan fingerprint density at radius 2 is 1.83 bits per heavy atom. The third kappa shape index (κ3) is 3.88. The predicted octanol–water partition coefficient (Wildman–Crippen LogP) is 2.86. The summed E-state index contributed by atoms with van der Waals surface area (Å²) in [6.07, 6.45) is 0. The minimum Gasteiger partial charge on any atom is -0.462 e. The van der Waals surface area contributed by atoms with Gasteiger partial charge in [-0.3, -0.25) is 10.00 Å². The summed E-state index contributed by atoms with van der Waals surface area (Å²) in [4.78, 5) is 24.2. The molecule has 0 radical (unpaired) electrons. The number of benzene rings is 1. The van der Waals surface area contributed by atoms with Gasteiger partial charge < -0.3 is 10.1 Å². The van der Waals surface area contributed by atoms with Gasteiger partial charge in [0.15, 0.2) is 0 Å². The normalized spacial score (nSPS) is 10.3. The highest BCUT2D eigenvalue weighted by Crippen LogP contribution is 2.20. The molecule has 0 saturated carbocycles. The number of urea groups is 1. The first-order valence-corrected chi connectivity index (χ1v) is 7.27. The summed E-state index contributed by atoms with van der Waals surface area (Å²) < 4.78 is 6.45. The van der Waals surface area contributed by atoms with Crippen molar-refractivity contribution >= 4 is 23.5 Å². The molecule has 2 rings (SSSR count). The van der Waals surface area contributed by atoms with Crippen molar-refractivity contribution in [2.24, 2.45) is 7.05 Å². The standard InChI is InChI=1S/C16H20N4O3/c1-5-23-15(21)13-11(3)19-20(4)14(13)18-16(22)17-12-8-6-10(2)7-9-12/h6-9H,5H2,1-4H3,(H2,17,18,22). The van der Waals surface area contributed by atoms with Crippen molar-refractivity contribution in [3.63, 3.8) is 0 Å². The van der Waals surface area contributed by atoms with Gasteiger partial charge in [0.2, 0.25) is 0 Å². The molecular formula is C16H20N4O3. The van der Waals surface area contributed by atoms with E-state index < -0.39 is 12.0 Å². The molecule has 0 bridgehead atoms. The van der Waals surface area contributed by atoms with Crippen molar-refractivity contribution in [1.82, 2.24) is 9.78 Å². The number of rotatable bonds is 4. The number of ether oxygens (including phenoxy) is 1. The Morgan fingerprint density at radius 1 is 1.17 bits per heavy atom. The Labute approximate surface area is 134 Å². The lowest BCUT2D eigenvalue weighted by Gasteiger charge is -2.10. The summed E-state index contributed by atoms with van der Waals surface area (Å²) in [6.45, 7) is 5.63. The van der Waals surface area contributed by atoms with Gasteiger partial charge in [-0.1, -0.05) is 17.7 Å². The average molecular weight is 316 g/mol. The Hall–Kier alpha value is -2.83. The third-order valence-corrected chi connectivity index (χ3v) is 3.24. The maximum Gasteiger partial charge on any atom is 0.343 e. The van der Waals surface area contributed by atoms with E-state index in [0.29, 0.717) is 17.2 Å². The predicted molar refractivity (Wildman–Crippen MR) is 87.7 cm³/mol. The Bertz CT molecular complexity index is 720. The number of aryl methyl sites for hydroxylation is 3. The Morgan fingerprint density at radius 3 is 2.43 bits per heavy atom. The maximum atomic E-state index is 12.1. The highest BCUT2D eigenvalue weighted by Gasteiger charge is 2.22. The van der Waals surface area contributed by atoms with Crippen molar-refractivity contribution in [2.45, 2.75) is 20.8 Å². The highest BCUT2D eigenvalue weighted by atomic mass is 16.5. The second-order valence-corrected chi connectivity index (χ2v) is 5.10. The SMILES string of the molecule is CCOC(=O)c1c(C)nn(C)c1NC(=O)Nc1ccc(C)cc1. The van der Waals surface area contributed by atoms with E-state index in [2.05, 4.69) is 15.7 Å². The van der Waals surface area contributed by atoms with Crippen molar-refractivity contribution < 1.29 is 14.3 Å². The molecule has 0 atom stereocenters. The monoisotopic (exact) mass is 316 g/mol. The number of aromatic nitrogens is 2. The number of esters is 1. The number of amides is 2. The van der Waals surface area contributed by atoms with Gasteiger partial charge in [-0.05, 0) is 32.9 Å². The van der Waals surface area contributed by atoms with E-state index in [1.165, 1.54) is 4.68 Å². The van der Waals surface area contributed by atoms with Crippen LogP contribution in [0.5, 0.6) is 0 Å². The molecule has 0 aliphatic heterocycles. The van der Waals surface area contributed by atoms with Gasteiger partial charge in [-0.25, -0.2) is 9.59 Å². The zero-order valence-electron chi connectivity index (χ0n) is 13.6. The largest absolute Gasteiger partial charge is 0.462 e. The fourth-order valence-corrected chi connectivity index (χ4v) is 2.16. The van der Waals surface area contributed by atoms with Crippen molar-refractivity contribution in [3.8, 4) is 0 Å². The summed E-state index contributed by atoms with van der Waals surface area (Å²) in [5.74, 6) is -0.214. The van der Waals surface area contributed by atoms with Crippen molar-refractivity contribution in [3.05, 3.63) is 41.1 Å². The number of carbonyl (C=O) groups excluding carboxylic acids is 2. The molecule has 7 nitrogen and oxygen atoms in total. The maximum absolute atomic E-state index is 12.1. The molecule has 0 saturated heterocycles. The molecule has 1 aromatic heterocycles. The number of carbonyl (C=O) groups is 2. The van der Waals surface area contributed by atoms with Gasteiger partial charge in [0.25, 0.3) is 0 Å². The molecule has 2 N–H and O–H groups in total. The minimum absolute atomic E-state index is 0.252. The summed E-state index contributed by atoms with van der Waals surface area (Å²) >= 11 is 0. The summed E-state index contributed by atoms with van der Waals surface area (Å²) in [6, 6.07) is 6.94. The van der Waals surface area contributed by atoms with E-state index in [1.807, 2.05) is 19.1 Å². The fraction of sp³-hybridized carbons (Fsp3) is 0.312. The lowest BCUT2D eigenvalue weighted by atomic mass is 10.2. The van der Waals surface area contributed by atoms with Crippen LogP contribution in [0.3, 0.4) is 0 Å². The number of nitrogens with one attached hydrogen (secondary N) is 2. The lowest BCUT2D eigenvalue weighted by Crippen LogP contribution is -2.22. The molecule has 7 heteroatoms. The van der Waals surface area contributed by atoms with Gasteiger partial charge in [-0.2, -0.15) is 5.10 Å². The lowest BCUT2D eigenvalue weighted by molar-refractivity contribution is 0.0526. The van der Waals surface area contributed by atoms with Crippen LogP contribution in [0, 0.1) is 13.8 Å². The molecule has 0 aliphatic carbocycles. The smallest absolute Gasteiger partial charge is 0.343 e. The van der Waals surface area contributed by atoms with Gasteiger partial charge in [0.05, 0.1) is 12.3 Å². The molecule has 1 aromatic carbocycles. The molecular weight excluding hydrogens is 296 g/mol. The molecule has 2 aromatic rings. The van der Waals surface area contributed by atoms with Crippen LogP contribution in [0.15, 0.2) is 24.3 Å². The van der Waals surface area contributed by atoms with Crippen LogP contribution in [0.4, 0.5) is 16.3 Å². The van der Waals surface area contributed by atoms with Gasteiger partial charge in [0, 0.05) is 12.7 Å². The van der Waals surface area contributed by atoms with Gasteiger partial charge in [0.1, 0.15) is 11.4 Å². The molecule has 0 spiro atoms. The number of hydrogen-bond donors (Lipinski definition) is 2. The molecule has 1 heterocycles. The first-order chi connectivity index (χ1) is 10.9. The topological polar surface area (TPSA) is 85.2 Å². The molecule has 0 aliphatic rings. The highest BCUT2D eigenvalue weighted by molar-refractivity contribution is 6.04. The second-order valence-electron chi connectivity index (χ2n) is 5.10. The zero-order valence-corrected chi connectivity index (χ0v) is 13.6. The summed E-state index contributed by atoms with van der Waals surface area (Å²) in [5, 5.41) is 9.52. The zero-order chi connectivity index (χ0) is 17.0. The first-order valence-electron chi connectivity index (χ1n) is 7.27. The fourth-order valence-electron chi connectivity index (χ4n) is 2.16. The molecule has 2 amide bonds. The van der Waals surface area contributed by atoms with E-state index in [-0.39, 0.29) is 12.2 Å². The number of nitrogens with zero attached hydrogens (tertiary/aromatic N) is 2. The number of hydrogen-bond acceptors (Lipinski definition) is 4. The van der Waals surface area contributed by atoms with Gasteiger partial charge >= 0.3 is 12.0 Å². The van der Waals surface area contributed by atoms with Crippen LogP contribution in [-0.4, -0.2) is 28.4 Å². The Kier molecular flexibility index (Phi) is 5.00. The molecule has 23 heavy (non-hydrogen) atoms. The van der Waals surface area contributed by atoms with E-state index in [4.69, 9.17) is 4.74 Å². The number of anilines is 2. The quantitative estimate of drug-likeness (QED) is 0.849. The van der Waals surface area contributed by atoms with E-state index in [0.717, 1.165) is 5.56 Å². The average Bonchev–Trinajstić information content (AvgIpc) is 2.76. The molecule has 0 fully saturated rings. The van der Waals surface area contributed by atoms with Crippen LogP contribution >= 0.6 is 0 Å². The van der Waals surface area contributed by atoms with Crippen molar-refractivity contribution in [2.75, 3.05) is 17.2 Å². The van der Waals surface area contributed by atoms with Crippen molar-refractivity contribution in [1.29, 1.82) is 0 Å².